The van der Waals surface area contributed by atoms with Crippen LogP contribution in [-0.2, 0) is 57.3 Å². The summed E-state index contributed by atoms with van der Waals surface area (Å²) in [5, 5.41) is 0. The van der Waals surface area contributed by atoms with Crippen molar-refractivity contribution in [3.63, 3.8) is 0 Å². The van der Waals surface area contributed by atoms with E-state index in [4.69, 9.17) is 0 Å². The van der Waals surface area contributed by atoms with Gasteiger partial charge in [0.05, 0.1) is 37.0 Å². The molecule has 4 rings (SSSR count). The maximum atomic E-state index is 11.9. The third kappa shape index (κ3) is 20.1. The van der Waals surface area contributed by atoms with E-state index in [1.165, 1.54) is 6.42 Å². The quantitative estimate of drug-likeness (QED) is 0.0692. The molecule has 0 amide bonds. The molecule has 0 aliphatic carbocycles. The molecule has 0 N–H and O–H groups in total. The topological polar surface area (TPSA) is 173 Å². The number of hydrogen-bond donors (Lipinski definition) is 0. The fraction of sp³-hybridized carbons (Fsp3) is 0.628. The molecule has 0 aromatic carbocycles. The Labute approximate surface area is 326 Å². The normalized spacial score (nSPS) is 22.8. The van der Waals surface area contributed by atoms with E-state index >= 15 is 0 Å². The predicted molar refractivity (Wildman–Crippen MR) is 205 cm³/mol. The van der Waals surface area contributed by atoms with Gasteiger partial charge in [-0.1, -0.05) is 92.7 Å². The Morgan fingerprint density at radius 3 is 1.58 bits per heavy atom. The third-order valence-electron chi connectivity index (χ3n) is 9.03. The van der Waals surface area contributed by atoms with E-state index in [2.05, 4.69) is 87.0 Å². The molecule has 7 unspecified atom stereocenters. The number of ether oxygens (including phenoxy) is 4. The van der Waals surface area contributed by atoms with E-state index in [1.807, 2.05) is 19.1 Å². The molecule has 0 aromatic rings. The third-order valence-corrected chi connectivity index (χ3v) is 9.03. The van der Waals surface area contributed by atoms with E-state index < -0.39 is 53.6 Å². The average Bonchev–Trinajstić information content (AvgIpc) is 3.79. The maximum Gasteiger partial charge on any atom is 0.338 e. The lowest BCUT2D eigenvalue weighted by Gasteiger charge is -2.25. The molecule has 4 heterocycles. The van der Waals surface area contributed by atoms with Gasteiger partial charge in [0.15, 0.2) is 0 Å². The Balaban J connectivity index is 0.000000407. The van der Waals surface area contributed by atoms with Gasteiger partial charge in [0.2, 0.25) is 0 Å². The van der Waals surface area contributed by atoms with Crippen LogP contribution in [0.1, 0.15) is 114 Å². The van der Waals surface area contributed by atoms with E-state index in [9.17, 15) is 38.4 Å². The van der Waals surface area contributed by atoms with Crippen molar-refractivity contribution in [1.82, 2.24) is 0 Å². The summed E-state index contributed by atoms with van der Waals surface area (Å²) in [6.07, 6.45) is 17.2. The molecule has 3 fully saturated rings. The molecule has 0 radical (unpaired) electrons. The number of allylic oxidation sites excluding steroid dienone is 4. The molecule has 306 valence electrons. The van der Waals surface area contributed by atoms with Crippen molar-refractivity contribution in [3.05, 3.63) is 49.1 Å². The van der Waals surface area contributed by atoms with Gasteiger partial charge >= 0.3 is 47.8 Å². The zero-order valence-corrected chi connectivity index (χ0v) is 34.1. The van der Waals surface area contributed by atoms with Crippen molar-refractivity contribution in [3.8, 4) is 0 Å². The first-order chi connectivity index (χ1) is 25.7. The molecular formula is C43H62O12. The van der Waals surface area contributed by atoms with Gasteiger partial charge < -0.3 is 18.9 Å². The zero-order valence-electron chi connectivity index (χ0n) is 34.1. The smallest absolute Gasteiger partial charge is 0.338 e. The van der Waals surface area contributed by atoms with Crippen LogP contribution < -0.4 is 0 Å². The number of carbonyl (C=O) groups excluding carboxylic acids is 8. The Bertz CT molecular complexity index is 1430. The SMILES string of the molecule is C=CCC(C)CC(C)C.CC(C)CC(C)C(C=CC1CC(=O)OC1=O)C1CC(=O)OC1=O.CC(C)CC(C)C=CCC1CC(=O)OC1=O.O=C1C=CC(=O)O1. The Kier molecular flexibility index (Phi) is 21.9. The standard InChI is InChI=1S/C17H22O6.C13H20O3.C9H18.C4H2O3/c1-9(2)6-10(3)12(13-8-15(19)23-17(13)21)5-4-11-7-14(18)22-16(11)20;1-9(2)7-10(3)5-4-6-11-8-12(14)16-13(11)15;1-5-6-9(4)7-8(2)3;5-3-1-2-4(6)7-3/h4-5,9-13H,6-8H2,1-3H3;4-5,9-11H,6-8H2,1-3H3;5,8-9H,1,6-7H2,2-4H3;1-2H. The first-order valence-corrected chi connectivity index (χ1v) is 19.3. The highest BCUT2D eigenvalue weighted by molar-refractivity contribution is 6.05. The maximum absolute atomic E-state index is 11.9. The fourth-order valence-corrected chi connectivity index (χ4v) is 6.80. The van der Waals surface area contributed by atoms with Gasteiger partial charge in [-0.15, -0.1) is 6.58 Å². The Hall–Kier alpha value is -4.48. The summed E-state index contributed by atoms with van der Waals surface area (Å²) in [7, 11) is 0. The minimum Gasteiger partial charge on any atom is -0.393 e. The second kappa shape index (κ2) is 24.8. The molecule has 0 aromatic heterocycles. The van der Waals surface area contributed by atoms with Crippen molar-refractivity contribution in [1.29, 1.82) is 0 Å². The van der Waals surface area contributed by atoms with Crippen LogP contribution in [-0.4, -0.2) is 47.8 Å². The highest BCUT2D eigenvalue weighted by atomic mass is 16.6. The van der Waals surface area contributed by atoms with Crippen LogP contribution in [0.4, 0.5) is 0 Å². The van der Waals surface area contributed by atoms with Gasteiger partial charge in [-0.25, -0.2) is 9.59 Å². The number of cyclic esters (lactones) is 8. The average molecular weight is 771 g/mol. The van der Waals surface area contributed by atoms with Gasteiger partial charge in [-0.05, 0) is 73.5 Å². The van der Waals surface area contributed by atoms with Crippen molar-refractivity contribution in [2.24, 2.45) is 59.2 Å². The molecule has 0 bridgehead atoms. The number of rotatable bonds is 15. The summed E-state index contributed by atoms with van der Waals surface area (Å²) >= 11 is 0. The van der Waals surface area contributed by atoms with Crippen LogP contribution in [0.25, 0.3) is 0 Å². The van der Waals surface area contributed by atoms with Crippen molar-refractivity contribution >= 4 is 47.8 Å². The largest absolute Gasteiger partial charge is 0.393 e. The lowest BCUT2D eigenvalue weighted by molar-refractivity contribution is -0.155. The first kappa shape index (κ1) is 48.5. The van der Waals surface area contributed by atoms with E-state index in [1.54, 1.807) is 12.2 Å². The number of carbonyl (C=O) groups is 8. The summed E-state index contributed by atoms with van der Waals surface area (Å²) in [6.45, 7) is 23.2. The second-order valence-corrected chi connectivity index (χ2v) is 16.1. The van der Waals surface area contributed by atoms with Crippen LogP contribution in [0.2, 0.25) is 0 Å². The highest BCUT2D eigenvalue weighted by Gasteiger charge is 2.41. The van der Waals surface area contributed by atoms with Crippen LogP contribution in [0.3, 0.4) is 0 Å². The summed E-state index contributed by atoms with van der Waals surface area (Å²) in [5.74, 6) is -2.20. The van der Waals surface area contributed by atoms with Gasteiger partial charge in [-0.2, -0.15) is 0 Å². The summed E-state index contributed by atoms with van der Waals surface area (Å²) in [6, 6.07) is 0. The summed E-state index contributed by atoms with van der Waals surface area (Å²) < 4.78 is 17.6. The molecular weight excluding hydrogens is 708 g/mol. The van der Waals surface area contributed by atoms with Crippen LogP contribution in [0, 0.1) is 59.2 Å². The molecule has 12 nitrogen and oxygen atoms in total. The lowest BCUT2D eigenvalue weighted by Crippen LogP contribution is -2.25. The molecule has 12 heteroatoms. The minimum atomic E-state index is -0.607. The van der Waals surface area contributed by atoms with Crippen molar-refractivity contribution in [2.45, 2.75) is 114 Å². The zero-order chi connectivity index (χ0) is 41.8. The van der Waals surface area contributed by atoms with E-state index in [0.717, 1.165) is 43.3 Å². The fourth-order valence-electron chi connectivity index (χ4n) is 6.80. The molecule has 4 aliphatic heterocycles. The van der Waals surface area contributed by atoms with Crippen LogP contribution in [0.15, 0.2) is 49.1 Å². The van der Waals surface area contributed by atoms with Crippen molar-refractivity contribution < 1.29 is 57.3 Å². The molecule has 0 spiro atoms. The minimum absolute atomic E-state index is 0.0225. The molecule has 55 heavy (non-hydrogen) atoms. The first-order valence-electron chi connectivity index (χ1n) is 19.3. The summed E-state index contributed by atoms with van der Waals surface area (Å²) in [4.78, 5) is 87.8. The van der Waals surface area contributed by atoms with Crippen LogP contribution >= 0.6 is 0 Å². The number of hydrogen-bond acceptors (Lipinski definition) is 12. The predicted octanol–water partition coefficient (Wildman–Crippen LogP) is 7.60. The van der Waals surface area contributed by atoms with Gasteiger partial charge in [0.1, 0.15) is 0 Å². The Morgan fingerprint density at radius 1 is 0.636 bits per heavy atom. The highest BCUT2D eigenvalue weighted by Crippen LogP contribution is 2.35. The molecule has 4 aliphatic rings. The van der Waals surface area contributed by atoms with Gasteiger partial charge in [0, 0.05) is 12.2 Å². The molecule has 0 saturated carbocycles. The lowest BCUT2D eigenvalue weighted by atomic mass is 9.77. The van der Waals surface area contributed by atoms with E-state index in [-0.39, 0.29) is 43.0 Å². The molecule has 7 atom stereocenters. The van der Waals surface area contributed by atoms with Crippen molar-refractivity contribution in [2.75, 3.05) is 0 Å². The monoisotopic (exact) mass is 770 g/mol. The second-order valence-electron chi connectivity index (χ2n) is 16.1. The number of esters is 8. The molecule has 3 saturated heterocycles. The van der Waals surface area contributed by atoms with Gasteiger partial charge in [0.25, 0.3) is 0 Å². The van der Waals surface area contributed by atoms with Gasteiger partial charge in [-0.3, -0.25) is 28.8 Å². The Morgan fingerprint density at radius 2 is 1.16 bits per heavy atom. The summed E-state index contributed by atoms with van der Waals surface area (Å²) in [5.41, 5.74) is 0. The van der Waals surface area contributed by atoms with E-state index in [0.29, 0.717) is 24.2 Å². The van der Waals surface area contributed by atoms with Crippen LogP contribution in [0.5, 0.6) is 0 Å².